The molecule has 1 fully saturated rings. The molecule has 0 amide bonds. The topological polar surface area (TPSA) is 0 Å². The van der Waals surface area contributed by atoms with Gasteiger partial charge in [-0.25, -0.2) is 0 Å². The fourth-order valence-corrected chi connectivity index (χ4v) is 9.01. The van der Waals surface area contributed by atoms with Crippen molar-refractivity contribution in [2.75, 3.05) is 0 Å². The van der Waals surface area contributed by atoms with Gasteiger partial charge in [-0.2, -0.15) is 0 Å². The lowest BCUT2D eigenvalue weighted by molar-refractivity contribution is 0.775. The SMILES string of the molecule is C=C(C1=CC=CCC=C1c1ccc2ccccc2c1)c1ccccc1C(=C)c1cccc(C23CC2C=CC2=C3C3=CC=C([CH]3)c3ccccc32)c1. The van der Waals surface area contributed by atoms with E-state index in [-0.39, 0.29) is 5.41 Å². The Balaban J connectivity index is 1.02. The van der Waals surface area contributed by atoms with Crippen molar-refractivity contribution in [1.82, 2.24) is 0 Å². The molecular formula is C51H37. The van der Waals surface area contributed by atoms with Gasteiger partial charge in [0.2, 0.25) is 0 Å². The summed E-state index contributed by atoms with van der Waals surface area (Å²) in [4.78, 5) is 0. The molecular weight excluding hydrogens is 613 g/mol. The van der Waals surface area contributed by atoms with E-state index in [1.54, 1.807) is 0 Å². The third-order valence-electron chi connectivity index (χ3n) is 11.6. The number of fused-ring (bicyclic) bond motifs is 9. The van der Waals surface area contributed by atoms with E-state index in [9.17, 15) is 0 Å². The average molecular weight is 650 g/mol. The van der Waals surface area contributed by atoms with Crippen LogP contribution in [0.3, 0.4) is 0 Å². The maximum absolute atomic E-state index is 4.76. The predicted octanol–water partition coefficient (Wildman–Crippen LogP) is 12.7. The third-order valence-corrected chi connectivity index (χ3v) is 11.6. The summed E-state index contributed by atoms with van der Waals surface area (Å²) in [6, 6.07) is 42.1. The summed E-state index contributed by atoms with van der Waals surface area (Å²) in [6.07, 6.45) is 22.8. The first-order chi connectivity index (χ1) is 25.1. The zero-order valence-corrected chi connectivity index (χ0v) is 28.6. The Hall–Kier alpha value is -5.98. The van der Waals surface area contributed by atoms with Gasteiger partial charge in [-0.3, -0.25) is 0 Å². The summed E-state index contributed by atoms with van der Waals surface area (Å²) >= 11 is 0. The molecule has 5 aromatic rings. The van der Waals surface area contributed by atoms with Gasteiger partial charge in [-0.05, 0) is 119 Å². The van der Waals surface area contributed by atoms with Gasteiger partial charge in [0.05, 0.1) is 0 Å². The quantitative estimate of drug-likeness (QED) is 0.172. The Kier molecular flexibility index (Phi) is 6.76. The van der Waals surface area contributed by atoms with Crippen LogP contribution in [0.1, 0.15) is 51.8 Å². The summed E-state index contributed by atoms with van der Waals surface area (Å²) in [5, 5.41) is 2.49. The highest BCUT2D eigenvalue weighted by molar-refractivity contribution is 6.03. The van der Waals surface area contributed by atoms with Gasteiger partial charge in [-0.1, -0.05) is 171 Å². The van der Waals surface area contributed by atoms with Crippen molar-refractivity contribution in [3.05, 3.63) is 239 Å². The second-order valence-electron chi connectivity index (χ2n) is 14.4. The van der Waals surface area contributed by atoms with Crippen LogP contribution in [0.5, 0.6) is 0 Å². The van der Waals surface area contributed by atoms with Crippen molar-refractivity contribution in [3.63, 3.8) is 0 Å². The fraction of sp³-hybridized carbons (Fsp3) is 0.0784. The number of hydrogen-bond donors (Lipinski definition) is 0. The minimum absolute atomic E-state index is 0.0381. The lowest BCUT2D eigenvalue weighted by atomic mass is 9.74. The molecule has 0 saturated heterocycles. The minimum Gasteiger partial charge on any atom is -0.0905 e. The molecule has 1 saturated carbocycles. The highest BCUT2D eigenvalue weighted by Crippen LogP contribution is 2.67. The third kappa shape index (κ3) is 4.67. The minimum atomic E-state index is -0.0381. The van der Waals surface area contributed by atoms with Gasteiger partial charge in [0.1, 0.15) is 0 Å². The zero-order valence-electron chi connectivity index (χ0n) is 28.6. The monoisotopic (exact) mass is 649 g/mol. The van der Waals surface area contributed by atoms with Crippen LogP contribution in [0, 0.1) is 12.3 Å². The van der Waals surface area contributed by atoms with E-state index in [0.29, 0.717) is 5.92 Å². The van der Waals surface area contributed by atoms with Gasteiger partial charge >= 0.3 is 0 Å². The first-order valence-corrected chi connectivity index (χ1v) is 18.1. The van der Waals surface area contributed by atoms with Crippen molar-refractivity contribution in [2.24, 2.45) is 5.92 Å². The standard InChI is InChI=1S/C51H37/c1-33(43-18-8-9-19-44(43)34(2)45-17-4-3-5-20-46(45)38-24-23-35-13-6-7-14-37(35)29-38)36-15-12-16-41(31-36)51-32-42(51)27-28-49-48-22-11-10-21-47(48)39-25-26-40(30-39)50(49)51/h3-4,6-31,42H,1-2,5,32H2. The van der Waals surface area contributed by atoms with Crippen molar-refractivity contribution in [2.45, 2.75) is 18.3 Å². The summed E-state index contributed by atoms with van der Waals surface area (Å²) in [5.74, 6) is 0.492. The largest absolute Gasteiger partial charge is 0.0905 e. The van der Waals surface area contributed by atoms with Crippen LogP contribution in [0.15, 0.2) is 194 Å². The molecule has 0 aromatic heterocycles. The Morgan fingerprint density at radius 3 is 2.31 bits per heavy atom. The van der Waals surface area contributed by atoms with Crippen LogP contribution in [-0.4, -0.2) is 0 Å². The molecule has 0 spiro atoms. The maximum atomic E-state index is 4.76. The molecule has 5 aliphatic carbocycles. The van der Waals surface area contributed by atoms with E-state index in [1.807, 2.05) is 0 Å². The van der Waals surface area contributed by atoms with E-state index in [2.05, 4.69) is 170 Å². The second kappa shape index (κ2) is 11.5. The number of hydrogen-bond acceptors (Lipinski definition) is 0. The number of benzene rings is 5. The van der Waals surface area contributed by atoms with Crippen molar-refractivity contribution >= 4 is 38.6 Å². The van der Waals surface area contributed by atoms with Crippen molar-refractivity contribution < 1.29 is 0 Å². The van der Waals surface area contributed by atoms with Crippen LogP contribution < -0.4 is 0 Å². The number of rotatable bonds is 6. The van der Waals surface area contributed by atoms with E-state index in [0.717, 1.165) is 46.3 Å². The average Bonchev–Trinajstić information content (AvgIpc) is 3.86. The summed E-state index contributed by atoms with van der Waals surface area (Å²) in [6.45, 7) is 9.51. The zero-order chi connectivity index (χ0) is 34.1. The smallest absolute Gasteiger partial charge is 0.0281 e. The number of allylic oxidation sites excluding steroid dienone is 15. The molecule has 0 nitrogen and oxygen atoms in total. The van der Waals surface area contributed by atoms with E-state index < -0.39 is 0 Å². The van der Waals surface area contributed by atoms with Gasteiger partial charge in [0, 0.05) is 11.8 Å². The Bertz CT molecular complexity index is 2580. The molecule has 0 heteroatoms. The molecule has 5 aromatic carbocycles. The molecule has 2 bridgehead atoms. The highest BCUT2D eigenvalue weighted by atomic mass is 14.6. The molecule has 5 aliphatic rings. The van der Waals surface area contributed by atoms with Crippen molar-refractivity contribution in [3.8, 4) is 0 Å². The lowest BCUT2D eigenvalue weighted by Gasteiger charge is -2.28. The molecule has 2 atom stereocenters. The van der Waals surface area contributed by atoms with Gasteiger partial charge in [-0.15, -0.1) is 0 Å². The van der Waals surface area contributed by atoms with Crippen molar-refractivity contribution in [1.29, 1.82) is 0 Å². The Morgan fingerprint density at radius 2 is 1.43 bits per heavy atom. The fourth-order valence-electron chi connectivity index (χ4n) is 9.01. The highest BCUT2D eigenvalue weighted by Gasteiger charge is 2.59. The van der Waals surface area contributed by atoms with E-state index in [1.165, 1.54) is 60.9 Å². The summed E-state index contributed by atoms with van der Waals surface area (Å²) in [5.41, 5.74) is 18.5. The molecule has 1 radical (unpaired) electrons. The van der Waals surface area contributed by atoms with Gasteiger partial charge in [0.25, 0.3) is 0 Å². The first kappa shape index (κ1) is 29.9. The lowest BCUT2D eigenvalue weighted by Crippen LogP contribution is -2.19. The summed E-state index contributed by atoms with van der Waals surface area (Å²) in [7, 11) is 0. The molecule has 0 heterocycles. The van der Waals surface area contributed by atoms with Crippen LogP contribution in [0.4, 0.5) is 0 Å². The molecule has 0 aliphatic heterocycles. The maximum Gasteiger partial charge on any atom is 0.0281 e. The van der Waals surface area contributed by atoms with E-state index in [4.69, 9.17) is 13.2 Å². The molecule has 241 valence electrons. The summed E-state index contributed by atoms with van der Waals surface area (Å²) < 4.78 is 0. The van der Waals surface area contributed by atoms with E-state index >= 15 is 0 Å². The van der Waals surface area contributed by atoms with Crippen LogP contribution in [0.2, 0.25) is 0 Å². The molecule has 10 rings (SSSR count). The second-order valence-corrected chi connectivity index (χ2v) is 14.4. The molecule has 2 unspecified atom stereocenters. The van der Waals surface area contributed by atoms with Gasteiger partial charge in [0.15, 0.2) is 0 Å². The normalized spacial score (nSPS) is 21.0. The van der Waals surface area contributed by atoms with Crippen LogP contribution in [-0.2, 0) is 5.41 Å². The predicted molar refractivity (Wildman–Crippen MR) is 216 cm³/mol. The van der Waals surface area contributed by atoms with Gasteiger partial charge < -0.3 is 0 Å². The first-order valence-electron chi connectivity index (χ1n) is 18.1. The van der Waals surface area contributed by atoms with Crippen LogP contribution >= 0.6 is 0 Å². The Labute approximate surface area is 300 Å². The Morgan fingerprint density at radius 1 is 0.667 bits per heavy atom. The molecule has 0 N–H and O–H groups in total. The van der Waals surface area contributed by atoms with Crippen LogP contribution in [0.25, 0.3) is 38.6 Å². The molecule has 51 heavy (non-hydrogen) atoms.